The average molecular weight is 362 g/mol. The first kappa shape index (κ1) is 15.1. The van der Waals surface area contributed by atoms with Crippen molar-refractivity contribution >= 4 is 45.2 Å². The molecule has 5 nitrogen and oxygen atoms in total. The minimum atomic E-state index is -1.23. The van der Waals surface area contributed by atoms with E-state index >= 15 is 0 Å². The minimum Gasteiger partial charge on any atom is -0.480 e. The van der Waals surface area contributed by atoms with Crippen molar-refractivity contribution in [2.45, 2.75) is 25.3 Å². The largest absolute Gasteiger partial charge is 0.480 e. The fourth-order valence-electron chi connectivity index (χ4n) is 1.96. The molecule has 2 rings (SSSR count). The van der Waals surface area contributed by atoms with Crippen molar-refractivity contribution in [3.05, 3.63) is 27.7 Å². The van der Waals surface area contributed by atoms with Crippen LogP contribution in [0.5, 0.6) is 0 Å². The predicted molar refractivity (Wildman–Crippen MR) is 80.1 cm³/mol. The summed E-state index contributed by atoms with van der Waals surface area (Å²) in [6.45, 7) is 1.53. The number of amides is 2. The zero-order valence-electron chi connectivity index (χ0n) is 10.7. The lowest BCUT2D eigenvalue weighted by molar-refractivity contribution is -0.144. The van der Waals surface area contributed by atoms with E-state index in [0.29, 0.717) is 15.2 Å². The topological polar surface area (TPSA) is 78.4 Å². The molecule has 1 atom stereocenters. The Morgan fingerprint density at radius 2 is 2.10 bits per heavy atom. The number of urea groups is 1. The zero-order valence-corrected chi connectivity index (χ0v) is 13.1. The predicted octanol–water partition coefficient (Wildman–Crippen LogP) is 3.48. The summed E-state index contributed by atoms with van der Waals surface area (Å²) >= 11 is 9.12. The van der Waals surface area contributed by atoms with Crippen molar-refractivity contribution in [3.8, 4) is 0 Å². The van der Waals surface area contributed by atoms with Gasteiger partial charge in [-0.2, -0.15) is 0 Å². The highest BCUT2D eigenvalue weighted by Crippen LogP contribution is 2.39. The standard InChI is InChI=1S/C13H14BrClN2O3/c1-13(11(18)19,7-2-3-7)17-12(20)16-8-4-5-10(15)9(14)6-8/h4-7H,2-3H2,1H3,(H,18,19)(H2,16,17,20). The average Bonchev–Trinajstić information content (AvgIpc) is 3.17. The number of carbonyl (C=O) groups excluding carboxylic acids is 1. The minimum absolute atomic E-state index is 0.0114. The first-order valence-corrected chi connectivity index (χ1v) is 7.27. The number of carbonyl (C=O) groups is 2. The van der Waals surface area contributed by atoms with Gasteiger partial charge in [0.2, 0.25) is 0 Å². The molecular weight excluding hydrogens is 348 g/mol. The molecule has 3 N–H and O–H groups in total. The summed E-state index contributed by atoms with van der Waals surface area (Å²) in [4.78, 5) is 23.2. The first-order valence-electron chi connectivity index (χ1n) is 6.10. The van der Waals surface area contributed by atoms with Crippen LogP contribution in [-0.4, -0.2) is 22.6 Å². The van der Waals surface area contributed by atoms with Gasteiger partial charge in [-0.25, -0.2) is 9.59 Å². The normalized spacial score (nSPS) is 17.1. The summed E-state index contributed by atoms with van der Waals surface area (Å²) in [7, 11) is 0. The van der Waals surface area contributed by atoms with Gasteiger partial charge in [0.05, 0.1) is 5.02 Å². The number of anilines is 1. The molecule has 0 bridgehead atoms. The van der Waals surface area contributed by atoms with Gasteiger partial charge in [-0.1, -0.05) is 11.6 Å². The van der Waals surface area contributed by atoms with Crippen LogP contribution in [0.15, 0.2) is 22.7 Å². The Morgan fingerprint density at radius 1 is 1.45 bits per heavy atom. The quantitative estimate of drug-likeness (QED) is 0.768. The van der Waals surface area contributed by atoms with Crippen LogP contribution < -0.4 is 10.6 Å². The second-order valence-electron chi connectivity index (χ2n) is 4.99. The van der Waals surface area contributed by atoms with Gasteiger partial charge in [0.25, 0.3) is 0 Å². The van der Waals surface area contributed by atoms with Crippen LogP contribution in [0.1, 0.15) is 19.8 Å². The summed E-state index contributed by atoms with van der Waals surface area (Å²) < 4.78 is 0.653. The monoisotopic (exact) mass is 360 g/mol. The SMILES string of the molecule is CC(NC(=O)Nc1ccc(Cl)c(Br)c1)(C(=O)O)C1CC1. The Hall–Kier alpha value is -1.27. The van der Waals surface area contributed by atoms with Crippen LogP contribution in [0.3, 0.4) is 0 Å². The molecule has 0 saturated heterocycles. The molecule has 20 heavy (non-hydrogen) atoms. The van der Waals surface area contributed by atoms with Crippen LogP contribution in [-0.2, 0) is 4.79 Å². The molecule has 7 heteroatoms. The summed E-state index contributed by atoms with van der Waals surface area (Å²) in [5.41, 5.74) is -0.699. The highest BCUT2D eigenvalue weighted by molar-refractivity contribution is 9.10. The third kappa shape index (κ3) is 3.24. The Bertz CT molecular complexity index is 563. The van der Waals surface area contributed by atoms with E-state index in [-0.39, 0.29) is 5.92 Å². The lowest BCUT2D eigenvalue weighted by Gasteiger charge is -2.26. The Balaban J connectivity index is 2.04. The number of carboxylic acid groups (broad SMARTS) is 1. The number of hydrogen-bond acceptors (Lipinski definition) is 2. The lowest BCUT2D eigenvalue weighted by atomic mass is 9.96. The van der Waals surface area contributed by atoms with Gasteiger partial charge in [0.15, 0.2) is 0 Å². The molecule has 0 spiro atoms. The van der Waals surface area contributed by atoms with E-state index in [0.717, 1.165) is 12.8 Å². The molecule has 0 aliphatic heterocycles. The number of carboxylic acids is 1. The second kappa shape index (κ2) is 5.61. The summed E-state index contributed by atoms with van der Waals surface area (Å²) in [5, 5.41) is 14.9. The zero-order chi connectivity index (χ0) is 14.9. The molecule has 1 aromatic carbocycles. The van der Waals surface area contributed by atoms with Crippen molar-refractivity contribution in [1.82, 2.24) is 5.32 Å². The third-order valence-electron chi connectivity index (χ3n) is 3.39. The highest BCUT2D eigenvalue weighted by atomic mass is 79.9. The maximum absolute atomic E-state index is 11.9. The number of rotatable bonds is 4. The van der Waals surface area contributed by atoms with Gasteiger partial charge in [0, 0.05) is 10.2 Å². The summed E-state index contributed by atoms with van der Waals surface area (Å²) in [5.74, 6) is -1.03. The smallest absolute Gasteiger partial charge is 0.329 e. The Labute approximate surface area is 129 Å². The maximum atomic E-state index is 11.9. The molecule has 2 amide bonds. The fourth-order valence-corrected chi connectivity index (χ4v) is 2.46. The van der Waals surface area contributed by atoms with E-state index in [1.165, 1.54) is 6.92 Å². The molecule has 0 heterocycles. The van der Waals surface area contributed by atoms with E-state index in [2.05, 4.69) is 26.6 Å². The molecule has 1 saturated carbocycles. The second-order valence-corrected chi connectivity index (χ2v) is 6.25. The first-order chi connectivity index (χ1) is 9.33. The van der Waals surface area contributed by atoms with Crippen LogP contribution in [0.4, 0.5) is 10.5 Å². The van der Waals surface area contributed by atoms with Crippen molar-refractivity contribution in [2.24, 2.45) is 5.92 Å². The molecule has 1 aliphatic carbocycles. The van der Waals surface area contributed by atoms with Gasteiger partial charge in [-0.15, -0.1) is 0 Å². The molecule has 1 unspecified atom stereocenters. The van der Waals surface area contributed by atoms with Gasteiger partial charge in [0.1, 0.15) is 5.54 Å². The molecule has 0 radical (unpaired) electrons. The number of halogens is 2. The molecule has 108 valence electrons. The van der Waals surface area contributed by atoms with Crippen LogP contribution in [0, 0.1) is 5.92 Å². The van der Waals surface area contributed by atoms with Crippen LogP contribution in [0.2, 0.25) is 5.02 Å². The molecule has 1 aromatic rings. The number of nitrogens with one attached hydrogen (secondary N) is 2. The number of aliphatic carboxylic acids is 1. The molecule has 0 aromatic heterocycles. The number of hydrogen-bond donors (Lipinski definition) is 3. The van der Waals surface area contributed by atoms with Gasteiger partial charge < -0.3 is 15.7 Å². The van der Waals surface area contributed by atoms with Crippen molar-refractivity contribution in [1.29, 1.82) is 0 Å². The third-order valence-corrected chi connectivity index (χ3v) is 4.60. The number of benzene rings is 1. The molecule has 1 fully saturated rings. The Kier molecular flexibility index (Phi) is 4.25. The van der Waals surface area contributed by atoms with E-state index in [1.807, 2.05) is 0 Å². The fraction of sp³-hybridized carbons (Fsp3) is 0.385. The van der Waals surface area contributed by atoms with Crippen molar-refractivity contribution in [2.75, 3.05) is 5.32 Å². The maximum Gasteiger partial charge on any atom is 0.329 e. The van der Waals surface area contributed by atoms with Crippen molar-refractivity contribution < 1.29 is 14.7 Å². The Morgan fingerprint density at radius 3 is 2.60 bits per heavy atom. The van der Waals surface area contributed by atoms with Gasteiger partial charge in [-0.3, -0.25) is 0 Å². The summed E-state index contributed by atoms with van der Waals surface area (Å²) in [6, 6.07) is 4.38. The highest BCUT2D eigenvalue weighted by Gasteiger charge is 2.48. The molecular formula is C13H14BrClN2O3. The summed E-state index contributed by atoms with van der Waals surface area (Å²) in [6.07, 6.45) is 1.63. The van der Waals surface area contributed by atoms with Crippen LogP contribution >= 0.6 is 27.5 Å². The van der Waals surface area contributed by atoms with Crippen LogP contribution in [0.25, 0.3) is 0 Å². The van der Waals surface area contributed by atoms with E-state index in [9.17, 15) is 14.7 Å². The van der Waals surface area contributed by atoms with E-state index in [1.54, 1.807) is 18.2 Å². The van der Waals surface area contributed by atoms with E-state index < -0.39 is 17.5 Å². The molecule has 1 aliphatic rings. The lowest BCUT2D eigenvalue weighted by Crippen LogP contribution is -2.55. The van der Waals surface area contributed by atoms with Gasteiger partial charge in [-0.05, 0) is 59.8 Å². The van der Waals surface area contributed by atoms with Gasteiger partial charge >= 0.3 is 12.0 Å². The van der Waals surface area contributed by atoms with E-state index in [4.69, 9.17) is 11.6 Å². The van der Waals surface area contributed by atoms with Crippen molar-refractivity contribution in [3.63, 3.8) is 0 Å².